The van der Waals surface area contributed by atoms with Crippen molar-refractivity contribution in [2.45, 2.75) is 46.1 Å². The molecule has 0 saturated carbocycles. The fourth-order valence-electron chi connectivity index (χ4n) is 5.24. The minimum absolute atomic E-state index is 0.0797. The van der Waals surface area contributed by atoms with E-state index < -0.39 is 0 Å². The minimum atomic E-state index is -0.362. The molecule has 2 aliphatic rings. The van der Waals surface area contributed by atoms with E-state index in [4.69, 9.17) is 0 Å². The molecule has 2 unspecified atom stereocenters. The number of carbonyl (C=O) groups excluding carboxylic acids is 2. The highest BCUT2D eigenvalue weighted by atomic mass is 19.1. The van der Waals surface area contributed by atoms with Crippen molar-refractivity contribution < 1.29 is 14.0 Å². The molecule has 4 rings (SSSR count). The summed E-state index contributed by atoms with van der Waals surface area (Å²) in [7, 11) is 0. The van der Waals surface area contributed by atoms with Crippen LogP contribution in [0.5, 0.6) is 0 Å². The molecule has 1 amide bonds. The Kier molecular flexibility index (Phi) is 6.28. The lowest BCUT2D eigenvalue weighted by Crippen LogP contribution is -2.49. The second-order valence-electron chi connectivity index (χ2n) is 8.47. The van der Waals surface area contributed by atoms with E-state index in [9.17, 15) is 14.0 Å². The van der Waals surface area contributed by atoms with Gasteiger partial charge >= 0.3 is 0 Å². The Balaban J connectivity index is 1.83. The van der Waals surface area contributed by atoms with Gasteiger partial charge in [0, 0.05) is 50.2 Å². The number of halogens is 1. The van der Waals surface area contributed by atoms with Gasteiger partial charge in [-0.25, -0.2) is 0 Å². The normalized spacial score (nSPS) is 20.5. The highest BCUT2D eigenvalue weighted by molar-refractivity contribution is 6.03. The highest BCUT2D eigenvalue weighted by Gasteiger charge is 2.38. The number of fused-ring (bicyclic) bond motifs is 2. The van der Waals surface area contributed by atoms with Crippen molar-refractivity contribution in [3.05, 3.63) is 41.6 Å². The van der Waals surface area contributed by atoms with Gasteiger partial charge in [0.15, 0.2) is 0 Å². The summed E-state index contributed by atoms with van der Waals surface area (Å²) in [5.74, 6) is -0.0176. The lowest BCUT2D eigenvalue weighted by Gasteiger charge is -2.42. The van der Waals surface area contributed by atoms with E-state index in [-0.39, 0.29) is 30.4 Å². The number of nitrogens with zero attached hydrogens (tertiary/aromatic N) is 3. The summed E-state index contributed by atoms with van der Waals surface area (Å²) in [5, 5.41) is 1.12. The molecule has 2 atom stereocenters. The van der Waals surface area contributed by atoms with Crippen molar-refractivity contribution in [3.8, 4) is 0 Å². The number of alkyl halides is 1. The first-order valence-electron chi connectivity index (χ1n) is 11.5. The van der Waals surface area contributed by atoms with E-state index in [1.165, 1.54) is 0 Å². The van der Waals surface area contributed by atoms with Crippen LogP contribution in [0.15, 0.2) is 30.5 Å². The smallest absolute Gasteiger partial charge is 0.230 e. The zero-order valence-corrected chi connectivity index (χ0v) is 18.7. The zero-order chi connectivity index (χ0) is 22.1. The standard InChI is InChI=1S/C25H32FN3O2/c1-4-23(30)29-16-17-14-22-20(19-9-7-10-21(29)24(17)19)13-18(15-28(22)12-8-11-26)25(31)27(5-2)6-3/h7,9-10,13,16,18,22H,4-6,8,11-12,14-15H2,1-3H3. The Hall–Kier alpha value is -2.47. The Morgan fingerprint density at radius 3 is 2.65 bits per heavy atom. The molecule has 0 spiro atoms. The average molecular weight is 426 g/mol. The topological polar surface area (TPSA) is 45.6 Å². The van der Waals surface area contributed by atoms with Gasteiger partial charge in [0.25, 0.3) is 0 Å². The number of hydrogen-bond donors (Lipinski definition) is 0. The van der Waals surface area contributed by atoms with E-state index >= 15 is 0 Å². The van der Waals surface area contributed by atoms with Crippen LogP contribution in [0.25, 0.3) is 16.5 Å². The highest BCUT2D eigenvalue weighted by Crippen LogP contribution is 2.42. The molecule has 1 aliphatic heterocycles. The molecule has 6 heteroatoms. The molecule has 1 aromatic carbocycles. The second kappa shape index (κ2) is 8.95. The molecular formula is C25H32FN3O2. The molecule has 31 heavy (non-hydrogen) atoms. The molecule has 0 saturated heterocycles. The number of amides is 1. The van der Waals surface area contributed by atoms with Gasteiger partial charge in [-0.15, -0.1) is 0 Å². The van der Waals surface area contributed by atoms with Gasteiger partial charge in [0.05, 0.1) is 18.1 Å². The summed E-state index contributed by atoms with van der Waals surface area (Å²) < 4.78 is 14.8. The minimum Gasteiger partial charge on any atom is -0.343 e. The fraction of sp³-hybridized carbons (Fsp3) is 0.520. The van der Waals surface area contributed by atoms with Gasteiger partial charge in [-0.05, 0) is 49.5 Å². The first kappa shape index (κ1) is 21.8. The van der Waals surface area contributed by atoms with Crippen molar-refractivity contribution in [2.75, 3.05) is 32.9 Å². The first-order chi connectivity index (χ1) is 15.0. The van der Waals surface area contributed by atoms with Crippen molar-refractivity contribution in [3.63, 3.8) is 0 Å². The number of hydrogen-bond acceptors (Lipinski definition) is 3. The third kappa shape index (κ3) is 3.71. The fourth-order valence-corrected chi connectivity index (χ4v) is 5.24. The summed E-state index contributed by atoms with van der Waals surface area (Å²) in [5.41, 5.74) is 4.35. The maximum atomic E-state index is 13.2. The van der Waals surface area contributed by atoms with Crippen LogP contribution in [0.2, 0.25) is 0 Å². The van der Waals surface area contributed by atoms with Gasteiger partial charge in [-0.2, -0.15) is 0 Å². The molecule has 1 aromatic heterocycles. The molecule has 1 aliphatic carbocycles. The number of aromatic nitrogens is 1. The second-order valence-corrected chi connectivity index (χ2v) is 8.47. The van der Waals surface area contributed by atoms with E-state index in [1.807, 2.05) is 44.0 Å². The van der Waals surface area contributed by atoms with Crippen LogP contribution in [-0.4, -0.2) is 65.1 Å². The zero-order valence-electron chi connectivity index (χ0n) is 18.7. The van der Waals surface area contributed by atoms with Crippen molar-refractivity contribution in [1.82, 2.24) is 14.4 Å². The Bertz CT molecular complexity index is 1020. The van der Waals surface area contributed by atoms with Crippen molar-refractivity contribution >= 4 is 28.3 Å². The monoisotopic (exact) mass is 425 g/mol. The predicted molar refractivity (Wildman–Crippen MR) is 122 cm³/mol. The third-order valence-corrected chi connectivity index (χ3v) is 6.79. The van der Waals surface area contributed by atoms with E-state index in [0.29, 0.717) is 39.0 Å². The predicted octanol–water partition coefficient (Wildman–Crippen LogP) is 4.16. The number of rotatable bonds is 7. The molecule has 0 fully saturated rings. The molecule has 0 radical (unpaired) electrons. The van der Waals surface area contributed by atoms with Crippen LogP contribution in [0.3, 0.4) is 0 Å². The van der Waals surface area contributed by atoms with Crippen LogP contribution < -0.4 is 0 Å². The first-order valence-corrected chi connectivity index (χ1v) is 11.5. The molecule has 166 valence electrons. The van der Waals surface area contributed by atoms with Crippen molar-refractivity contribution in [1.29, 1.82) is 0 Å². The van der Waals surface area contributed by atoms with Crippen LogP contribution in [0, 0.1) is 5.92 Å². The average Bonchev–Trinajstić information content (AvgIpc) is 3.17. The van der Waals surface area contributed by atoms with Gasteiger partial charge in [0.1, 0.15) is 0 Å². The SMILES string of the molecule is CCC(=O)n1cc2c3c(cccc31)C1=CC(C(=O)N(CC)CC)CN(CCCF)C1C2. The Morgan fingerprint density at radius 1 is 1.19 bits per heavy atom. The largest absolute Gasteiger partial charge is 0.343 e. The quantitative estimate of drug-likeness (QED) is 0.669. The maximum absolute atomic E-state index is 13.2. The number of carbonyl (C=O) groups is 2. The lowest BCUT2D eigenvalue weighted by molar-refractivity contribution is -0.134. The Labute approximate surface area is 183 Å². The molecule has 5 nitrogen and oxygen atoms in total. The molecule has 0 bridgehead atoms. The summed E-state index contributed by atoms with van der Waals surface area (Å²) >= 11 is 0. The molecule has 2 heterocycles. The summed E-state index contributed by atoms with van der Waals surface area (Å²) in [6, 6.07) is 6.20. The van der Waals surface area contributed by atoms with Gasteiger partial charge in [-0.1, -0.05) is 25.1 Å². The van der Waals surface area contributed by atoms with E-state index in [0.717, 1.165) is 34.0 Å². The van der Waals surface area contributed by atoms with Crippen LogP contribution in [0.4, 0.5) is 4.39 Å². The third-order valence-electron chi connectivity index (χ3n) is 6.79. The van der Waals surface area contributed by atoms with Gasteiger partial charge < -0.3 is 4.90 Å². The summed E-state index contributed by atoms with van der Waals surface area (Å²) in [6.07, 6.45) is 5.82. The Morgan fingerprint density at radius 2 is 1.97 bits per heavy atom. The van der Waals surface area contributed by atoms with Gasteiger partial charge in [0.2, 0.25) is 11.8 Å². The molecule has 0 N–H and O–H groups in total. The molecular weight excluding hydrogens is 393 g/mol. The lowest BCUT2D eigenvalue weighted by atomic mass is 9.79. The van der Waals surface area contributed by atoms with Crippen LogP contribution in [0.1, 0.15) is 49.5 Å². The van der Waals surface area contributed by atoms with Crippen molar-refractivity contribution in [2.24, 2.45) is 5.92 Å². The summed E-state index contributed by atoms with van der Waals surface area (Å²) in [4.78, 5) is 29.9. The van der Waals surface area contributed by atoms with E-state index in [2.05, 4.69) is 17.0 Å². The summed E-state index contributed by atoms with van der Waals surface area (Å²) in [6.45, 7) is 8.13. The van der Waals surface area contributed by atoms with Crippen LogP contribution in [-0.2, 0) is 11.2 Å². The van der Waals surface area contributed by atoms with E-state index in [1.54, 1.807) is 4.57 Å². The molecule has 2 aromatic rings. The van der Waals surface area contributed by atoms with Crippen LogP contribution >= 0.6 is 0 Å². The van der Waals surface area contributed by atoms with Gasteiger partial charge in [-0.3, -0.25) is 23.4 Å². The maximum Gasteiger partial charge on any atom is 0.230 e. The number of benzene rings is 1.